The summed E-state index contributed by atoms with van der Waals surface area (Å²) in [5.41, 5.74) is 2.33. The Morgan fingerprint density at radius 2 is 1.64 bits per heavy atom. The number of aliphatic imine (C=N–C) groups is 1. The van der Waals surface area contributed by atoms with Crippen LogP contribution < -0.4 is 5.32 Å². The van der Waals surface area contributed by atoms with E-state index in [2.05, 4.69) is 10.3 Å². The molecule has 1 aliphatic heterocycles. The smallest absolute Gasteiger partial charge is 0.275 e. The Bertz CT molecular complexity index is 930. The van der Waals surface area contributed by atoms with Gasteiger partial charge in [0.1, 0.15) is 5.71 Å². The lowest BCUT2D eigenvalue weighted by Gasteiger charge is -2.18. The van der Waals surface area contributed by atoms with Gasteiger partial charge in [0, 0.05) is 18.7 Å². The molecule has 0 aromatic heterocycles. The van der Waals surface area contributed by atoms with Crippen molar-refractivity contribution in [2.75, 3.05) is 18.4 Å². The third-order valence-corrected chi connectivity index (χ3v) is 6.13. The first kappa shape index (κ1) is 17.3. The molecule has 2 aromatic carbocycles. The SMILES string of the molecule is CCN(CC)S(=O)(=O)c1ccc(N=C2C(=O)Nc3ccccc32)cc1. The third kappa shape index (κ3) is 3.20. The van der Waals surface area contributed by atoms with E-state index in [1.807, 2.05) is 24.3 Å². The molecule has 0 radical (unpaired) electrons. The number of carbonyl (C=O) groups excluding carboxylic acids is 1. The van der Waals surface area contributed by atoms with Gasteiger partial charge in [-0.05, 0) is 30.3 Å². The van der Waals surface area contributed by atoms with Crippen LogP contribution in [0, 0.1) is 0 Å². The Labute approximate surface area is 147 Å². The highest BCUT2D eigenvalue weighted by molar-refractivity contribution is 7.89. The topological polar surface area (TPSA) is 78.8 Å². The second-order valence-electron chi connectivity index (χ2n) is 5.54. The van der Waals surface area contributed by atoms with E-state index in [1.165, 1.54) is 16.4 Å². The highest BCUT2D eigenvalue weighted by atomic mass is 32.2. The number of sulfonamides is 1. The Morgan fingerprint density at radius 3 is 2.28 bits per heavy atom. The predicted molar refractivity (Wildman–Crippen MR) is 97.8 cm³/mol. The van der Waals surface area contributed by atoms with E-state index in [1.54, 1.807) is 26.0 Å². The van der Waals surface area contributed by atoms with Crippen LogP contribution in [0.15, 0.2) is 58.4 Å². The average molecular weight is 357 g/mol. The van der Waals surface area contributed by atoms with Gasteiger partial charge in [0.15, 0.2) is 0 Å². The molecule has 0 unspecified atom stereocenters. The summed E-state index contributed by atoms with van der Waals surface area (Å²) < 4.78 is 26.4. The van der Waals surface area contributed by atoms with Crippen molar-refractivity contribution in [1.29, 1.82) is 0 Å². The lowest BCUT2D eigenvalue weighted by molar-refractivity contribution is -0.110. The molecule has 1 amide bonds. The molecule has 130 valence electrons. The van der Waals surface area contributed by atoms with Gasteiger partial charge in [-0.3, -0.25) is 4.79 Å². The maximum atomic E-state index is 12.5. The molecule has 25 heavy (non-hydrogen) atoms. The van der Waals surface area contributed by atoms with E-state index >= 15 is 0 Å². The Hall–Kier alpha value is -2.51. The van der Waals surface area contributed by atoms with Crippen molar-refractivity contribution in [2.24, 2.45) is 4.99 Å². The van der Waals surface area contributed by atoms with Crippen molar-refractivity contribution in [3.8, 4) is 0 Å². The number of nitrogens with one attached hydrogen (secondary N) is 1. The van der Waals surface area contributed by atoms with Gasteiger partial charge >= 0.3 is 0 Å². The van der Waals surface area contributed by atoms with Gasteiger partial charge in [-0.1, -0.05) is 32.0 Å². The van der Waals surface area contributed by atoms with Gasteiger partial charge in [-0.15, -0.1) is 0 Å². The van der Waals surface area contributed by atoms with E-state index in [-0.39, 0.29) is 10.8 Å². The number of hydrogen-bond donors (Lipinski definition) is 1. The molecule has 7 heteroatoms. The minimum Gasteiger partial charge on any atom is -0.320 e. The summed E-state index contributed by atoms with van der Waals surface area (Å²) in [6.45, 7) is 4.44. The lowest BCUT2D eigenvalue weighted by atomic mass is 10.1. The van der Waals surface area contributed by atoms with Crippen molar-refractivity contribution < 1.29 is 13.2 Å². The molecule has 0 saturated heterocycles. The molecule has 1 N–H and O–H groups in total. The molecular weight excluding hydrogens is 338 g/mol. The Balaban J connectivity index is 1.93. The fraction of sp³-hybridized carbons (Fsp3) is 0.222. The number of benzene rings is 2. The van der Waals surface area contributed by atoms with Crippen LogP contribution in [-0.4, -0.2) is 37.4 Å². The molecule has 0 bridgehead atoms. The van der Waals surface area contributed by atoms with Crippen LogP contribution in [0.1, 0.15) is 19.4 Å². The Morgan fingerprint density at radius 1 is 1.00 bits per heavy atom. The number of hydrogen-bond acceptors (Lipinski definition) is 4. The van der Waals surface area contributed by atoms with Crippen LogP contribution in [0.3, 0.4) is 0 Å². The van der Waals surface area contributed by atoms with E-state index < -0.39 is 10.0 Å². The van der Waals surface area contributed by atoms with E-state index in [4.69, 9.17) is 0 Å². The number of fused-ring (bicyclic) bond motifs is 1. The second kappa shape index (κ2) is 6.78. The van der Waals surface area contributed by atoms with Gasteiger partial charge < -0.3 is 5.32 Å². The van der Waals surface area contributed by atoms with Crippen molar-refractivity contribution in [1.82, 2.24) is 4.31 Å². The zero-order chi connectivity index (χ0) is 18.0. The largest absolute Gasteiger partial charge is 0.320 e. The van der Waals surface area contributed by atoms with E-state index in [0.29, 0.717) is 24.5 Å². The highest BCUT2D eigenvalue weighted by Gasteiger charge is 2.25. The minimum atomic E-state index is -3.50. The Kier molecular flexibility index (Phi) is 4.69. The van der Waals surface area contributed by atoms with Gasteiger partial charge in [0.25, 0.3) is 5.91 Å². The quantitative estimate of drug-likeness (QED) is 0.894. The van der Waals surface area contributed by atoms with Crippen LogP contribution in [0.4, 0.5) is 11.4 Å². The van der Waals surface area contributed by atoms with Gasteiger partial charge in [-0.25, -0.2) is 13.4 Å². The first-order valence-corrected chi connectivity index (χ1v) is 9.51. The van der Waals surface area contributed by atoms with Gasteiger partial charge in [0.2, 0.25) is 10.0 Å². The monoisotopic (exact) mass is 357 g/mol. The fourth-order valence-electron chi connectivity index (χ4n) is 2.75. The van der Waals surface area contributed by atoms with Crippen LogP contribution in [0.2, 0.25) is 0 Å². The maximum Gasteiger partial charge on any atom is 0.275 e. The van der Waals surface area contributed by atoms with Crippen molar-refractivity contribution in [2.45, 2.75) is 18.7 Å². The normalized spacial score (nSPS) is 15.5. The van der Waals surface area contributed by atoms with Crippen molar-refractivity contribution in [3.05, 3.63) is 54.1 Å². The molecule has 1 aliphatic rings. The lowest BCUT2D eigenvalue weighted by Crippen LogP contribution is -2.30. The maximum absolute atomic E-state index is 12.5. The molecule has 0 spiro atoms. The zero-order valence-electron chi connectivity index (χ0n) is 14.1. The molecule has 1 heterocycles. The predicted octanol–water partition coefficient (Wildman–Crippen LogP) is 2.79. The molecule has 0 saturated carbocycles. The summed E-state index contributed by atoms with van der Waals surface area (Å²) in [5.74, 6) is -0.263. The number of rotatable bonds is 5. The number of anilines is 1. The summed E-state index contributed by atoms with van der Waals surface area (Å²) in [4.78, 5) is 16.7. The van der Waals surface area contributed by atoms with Crippen LogP contribution in [0.25, 0.3) is 0 Å². The van der Waals surface area contributed by atoms with Crippen LogP contribution in [-0.2, 0) is 14.8 Å². The average Bonchev–Trinajstić information content (AvgIpc) is 2.92. The van der Waals surface area contributed by atoms with Crippen LogP contribution >= 0.6 is 0 Å². The molecule has 2 aromatic rings. The van der Waals surface area contributed by atoms with Gasteiger partial charge in [-0.2, -0.15) is 4.31 Å². The summed E-state index contributed by atoms with van der Waals surface area (Å²) in [7, 11) is -3.50. The highest BCUT2D eigenvalue weighted by Crippen LogP contribution is 2.26. The van der Waals surface area contributed by atoms with Crippen molar-refractivity contribution in [3.63, 3.8) is 0 Å². The molecule has 0 atom stereocenters. The first-order chi connectivity index (χ1) is 12.0. The number of carbonyl (C=O) groups is 1. The minimum absolute atomic E-state index is 0.219. The summed E-state index contributed by atoms with van der Waals surface area (Å²) in [5, 5.41) is 2.76. The molecule has 3 rings (SSSR count). The molecule has 0 aliphatic carbocycles. The third-order valence-electron chi connectivity index (χ3n) is 4.07. The fourth-order valence-corrected chi connectivity index (χ4v) is 4.21. The van der Waals surface area contributed by atoms with Crippen LogP contribution in [0.5, 0.6) is 0 Å². The molecular formula is C18H19N3O3S. The van der Waals surface area contributed by atoms with Gasteiger partial charge in [0.05, 0.1) is 16.3 Å². The second-order valence-corrected chi connectivity index (χ2v) is 7.48. The number of nitrogens with zero attached hydrogens (tertiary/aromatic N) is 2. The summed E-state index contributed by atoms with van der Waals surface area (Å²) in [6, 6.07) is 13.6. The van der Waals surface area contributed by atoms with E-state index in [9.17, 15) is 13.2 Å². The van der Waals surface area contributed by atoms with E-state index in [0.717, 1.165) is 11.3 Å². The van der Waals surface area contributed by atoms with Crippen molar-refractivity contribution >= 4 is 33.0 Å². The molecule has 6 nitrogen and oxygen atoms in total. The number of para-hydroxylation sites is 1. The summed E-state index contributed by atoms with van der Waals surface area (Å²) in [6.07, 6.45) is 0. The first-order valence-electron chi connectivity index (χ1n) is 8.07. The number of amides is 1. The molecule has 0 fully saturated rings. The standard InChI is InChI=1S/C18H19N3O3S/c1-3-21(4-2)25(23,24)14-11-9-13(10-12-14)19-17-15-7-5-6-8-16(15)20-18(17)22/h5-12H,3-4H2,1-2H3,(H,19,20,22). The zero-order valence-corrected chi connectivity index (χ0v) is 14.9. The summed E-state index contributed by atoms with van der Waals surface area (Å²) >= 11 is 0.